The Morgan fingerprint density at radius 1 is 1.31 bits per heavy atom. The molecule has 1 aliphatic heterocycles. The number of nitrogens with zero attached hydrogens (tertiary/aromatic N) is 1. The van der Waals surface area contributed by atoms with Crippen LogP contribution in [0.2, 0.25) is 0 Å². The molecule has 1 aliphatic rings. The van der Waals surface area contributed by atoms with Crippen molar-refractivity contribution < 1.29 is 4.74 Å². The van der Waals surface area contributed by atoms with E-state index in [0.29, 0.717) is 0 Å². The molecule has 3 unspecified atom stereocenters. The number of piperidine rings is 1. The van der Waals surface area contributed by atoms with Crippen LogP contribution in [0.4, 0.5) is 0 Å². The molecule has 0 aliphatic carbocycles. The van der Waals surface area contributed by atoms with Gasteiger partial charge in [-0.1, -0.05) is 13.8 Å². The van der Waals surface area contributed by atoms with Crippen molar-refractivity contribution in [2.75, 3.05) is 33.4 Å². The van der Waals surface area contributed by atoms with Crippen molar-refractivity contribution >= 4 is 0 Å². The van der Waals surface area contributed by atoms with Gasteiger partial charge in [0.1, 0.15) is 0 Å². The van der Waals surface area contributed by atoms with Gasteiger partial charge >= 0.3 is 0 Å². The second-order valence-corrected chi connectivity index (χ2v) is 5.79. The monoisotopic (exact) mass is 228 g/mol. The topological polar surface area (TPSA) is 38.5 Å². The van der Waals surface area contributed by atoms with Crippen LogP contribution in [-0.4, -0.2) is 43.8 Å². The zero-order valence-electron chi connectivity index (χ0n) is 11.3. The fourth-order valence-corrected chi connectivity index (χ4v) is 2.81. The van der Waals surface area contributed by atoms with Gasteiger partial charge in [0.2, 0.25) is 0 Å². The van der Waals surface area contributed by atoms with Crippen molar-refractivity contribution in [1.29, 1.82) is 0 Å². The molecule has 0 saturated carbocycles. The normalized spacial score (nSPS) is 31.3. The van der Waals surface area contributed by atoms with Gasteiger partial charge in [0.25, 0.3) is 0 Å². The molecule has 1 rings (SSSR count). The van der Waals surface area contributed by atoms with E-state index < -0.39 is 0 Å². The average molecular weight is 228 g/mol. The summed E-state index contributed by atoms with van der Waals surface area (Å²) in [6.45, 7) is 10.8. The molecule has 0 aromatic heterocycles. The predicted molar refractivity (Wildman–Crippen MR) is 68.5 cm³/mol. The molecule has 3 nitrogen and oxygen atoms in total. The van der Waals surface area contributed by atoms with E-state index in [9.17, 15) is 0 Å². The van der Waals surface area contributed by atoms with Crippen molar-refractivity contribution in [3.05, 3.63) is 0 Å². The highest BCUT2D eigenvalue weighted by atomic mass is 16.5. The van der Waals surface area contributed by atoms with Crippen molar-refractivity contribution in [2.24, 2.45) is 17.6 Å². The number of methoxy groups -OCH3 is 1. The highest BCUT2D eigenvalue weighted by molar-refractivity contribution is 4.91. The molecule has 0 spiro atoms. The van der Waals surface area contributed by atoms with E-state index in [0.717, 1.165) is 31.4 Å². The lowest BCUT2D eigenvalue weighted by molar-refractivity contribution is 0.0189. The molecule has 0 aromatic carbocycles. The Balaban J connectivity index is 2.63. The van der Waals surface area contributed by atoms with Gasteiger partial charge in [-0.15, -0.1) is 0 Å². The molecule has 0 amide bonds. The summed E-state index contributed by atoms with van der Waals surface area (Å²) in [5.41, 5.74) is 6.08. The van der Waals surface area contributed by atoms with Gasteiger partial charge in [-0.3, -0.25) is 4.90 Å². The second kappa shape index (κ2) is 5.99. The minimum Gasteiger partial charge on any atom is -0.385 e. The molecule has 1 heterocycles. The lowest BCUT2D eigenvalue weighted by atomic mass is 9.86. The molecule has 1 saturated heterocycles. The Morgan fingerprint density at radius 3 is 2.31 bits per heavy atom. The van der Waals surface area contributed by atoms with Crippen LogP contribution in [-0.2, 0) is 4.74 Å². The number of hydrogen-bond donors (Lipinski definition) is 1. The molecule has 1 fully saturated rings. The number of ether oxygens (including phenoxy) is 1. The smallest absolute Gasteiger partial charge is 0.0480 e. The number of likely N-dealkylation sites (tertiary alicyclic amines) is 1. The van der Waals surface area contributed by atoms with Crippen molar-refractivity contribution in [2.45, 2.75) is 39.2 Å². The molecule has 0 radical (unpaired) electrons. The largest absolute Gasteiger partial charge is 0.385 e. The van der Waals surface area contributed by atoms with E-state index in [1.165, 1.54) is 19.5 Å². The molecular weight excluding hydrogens is 200 g/mol. The zero-order chi connectivity index (χ0) is 12.2. The molecule has 0 aromatic rings. The lowest BCUT2D eigenvalue weighted by Crippen LogP contribution is -2.56. The molecule has 16 heavy (non-hydrogen) atoms. The fourth-order valence-electron chi connectivity index (χ4n) is 2.81. The van der Waals surface area contributed by atoms with E-state index in [1.807, 2.05) is 0 Å². The van der Waals surface area contributed by atoms with Crippen LogP contribution in [0, 0.1) is 11.8 Å². The van der Waals surface area contributed by atoms with Crippen LogP contribution in [0.15, 0.2) is 0 Å². The fraction of sp³-hybridized carbons (Fsp3) is 1.00. The number of rotatable bonds is 5. The summed E-state index contributed by atoms with van der Waals surface area (Å²) in [5, 5.41) is 0. The van der Waals surface area contributed by atoms with Crippen LogP contribution >= 0.6 is 0 Å². The number of hydrogen-bond acceptors (Lipinski definition) is 3. The standard InChI is InChI=1S/C13H28N2O/c1-11-7-12(2)9-15(8-11)13(3,10-14)5-6-16-4/h11-12H,5-10,14H2,1-4H3. The molecular formula is C13H28N2O. The molecule has 2 N–H and O–H groups in total. The minimum atomic E-state index is 0.110. The predicted octanol–water partition coefficient (Wildman–Crippen LogP) is 1.72. The van der Waals surface area contributed by atoms with Gasteiger partial charge < -0.3 is 10.5 Å². The van der Waals surface area contributed by atoms with Crippen molar-refractivity contribution in [1.82, 2.24) is 4.90 Å². The van der Waals surface area contributed by atoms with Gasteiger partial charge in [-0.2, -0.15) is 0 Å². The SMILES string of the molecule is COCCC(C)(CN)N1CC(C)CC(C)C1. The van der Waals surface area contributed by atoms with Crippen LogP contribution in [0.25, 0.3) is 0 Å². The second-order valence-electron chi connectivity index (χ2n) is 5.79. The Morgan fingerprint density at radius 2 is 1.88 bits per heavy atom. The first-order valence-electron chi connectivity index (χ1n) is 6.46. The number of nitrogens with two attached hydrogens (primary N) is 1. The highest BCUT2D eigenvalue weighted by Gasteiger charge is 2.34. The summed E-state index contributed by atoms with van der Waals surface area (Å²) < 4.78 is 5.20. The summed E-state index contributed by atoms with van der Waals surface area (Å²) in [7, 11) is 1.76. The Kier molecular flexibility index (Phi) is 5.22. The van der Waals surface area contributed by atoms with Crippen LogP contribution in [0.5, 0.6) is 0 Å². The summed E-state index contributed by atoms with van der Waals surface area (Å²) in [5.74, 6) is 1.58. The van der Waals surface area contributed by atoms with Gasteiger partial charge in [0.15, 0.2) is 0 Å². The Bertz CT molecular complexity index is 200. The first-order chi connectivity index (χ1) is 7.51. The molecule has 0 bridgehead atoms. The van der Waals surface area contributed by atoms with E-state index in [1.54, 1.807) is 7.11 Å². The molecule has 3 heteroatoms. The maximum atomic E-state index is 5.97. The van der Waals surface area contributed by atoms with Gasteiger partial charge in [-0.25, -0.2) is 0 Å². The van der Waals surface area contributed by atoms with E-state index in [-0.39, 0.29) is 5.54 Å². The van der Waals surface area contributed by atoms with Crippen LogP contribution in [0.3, 0.4) is 0 Å². The Hall–Kier alpha value is -0.120. The van der Waals surface area contributed by atoms with E-state index >= 15 is 0 Å². The molecule has 96 valence electrons. The summed E-state index contributed by atoms with van der Waals surface area (Å²) in [4.78, 5) is 2.57. The van der Waals surface area contributed by atoms with Crippen molar-refractivity contribution in [3.63, 3.8) is 0 Å². The van der Waals surface area contributed by atoms with Crippen molar-refractivity contribution in [3.8, 4) is 0 Å². The third-order valence-electron chi connectivity index (χ3n) is 3.92. The van der Waals surface area contributed by atoms with Gasteiger partial charge in [0.05, 0.1) is 0 Å². The third-order valence-corrected chi connectivity index (χ3v) is 3.92. The average Bonchev–Trinajstić information content (AvgIpc) is 2.24. The Labute approximate surface area is 100 Å². The van der Waals surface area contributed by atoms with E-state index in [4.69, 9.17) is 10.5 Å². The quantitative estimate of drug-likeness (QED) is 0.778. The lowest BCUT2D eigenvalue weighted by Gasteiger charge is -2.46. The van der Waals surface area contributed by atoms with Gasteiger partial charge in [0, 0.05) is 38.9 Å². The summed E-state index contributed by atoms with van der Waals surface area (Å²) in [6.07, 6.45) is 2.38. The first kappa shape index (κ1) is 13.9. The minimum absolute atomic E-state index is 0.110. The van der Waals surface area contributed by atoms with Crippen LogP contribution < -0.4 is 5.73 Å². The third kappa shape index (κ3) is 3.44. The zero-order valence-corrected chi connectivity index (χ0v) is 11.3. The maximum Gasteiger partial charge on any atom is 0.0480 e. The van der Waals surface area contributed by atoms with Gasteiger partial charge in [-0.05, 0) is 31.6 Å². The van der Waals surface area contributed by atoms with E-state index in [2.05, 4.69) is 25.7 Å². The highest BCUT2D eigenvalue weighted by Crippen LogP contribution is 2.28. The van der Waals surface area contributed by atoms with Crippen LogP contribution in [0.1, 0.15) is 33.6 Å². The first-order valence-corrected chi connectivity index (χ1v) is 6.46. The maximum absolute atomic E-state index is 5.97. The molecule has 3 atom stereocenters. The summed E-state index contributed by atoms with van der Waals surface area (Å²) >= 11 is 0. The summed E-state index contributed by atoms with van der Waals surface area (Å²) in [6, 6.07) is 0.